The third-order valence-corrected chi connectivity index (χ3v) is 2.75. The van der Waals surface area contributed by atoms with Crippen LogP contribution in [0.4, 0.5) is 4.39 Å². The number of halogens is 2. The minimum absolute atomic E-state index is 0.230. The van der Waals surface area contributed by atoms with Gasteiger partial charge in [-0.05, 0) is 32.0 Å². The van der Waals surface area contributed by atoms with Crippen molar-refractivity contribution in [3.05, 3.63) is 29.8 Å². The zero-order valence-electron chi connectivity index (χ0n) is 9.37. The predicted octanol–water partition coefficient (Wildman–Crippen LogP) is 3.54. The molecule has 1 heterocycles. The summed E-state index contributed by atoms with van der Waals surface area (Å²) in [6, 6.07) is 4.93. The average molecular weight is 241 g/mol. The standard InChI is InChI=1S/C12H14ClFN2/c1-8(2)16-11-7-9(14)3-4-10(11)15-12(16)5-6-13/h3-4,7-8H,5-6H2,1-2H3. The zero-order chi connectivity index (χ0) is 11.7. The number of hydrogen-bond donors (Lipinski definition) is 0. The van der Waals surface area contributed by atoms with E-state index in [4.69, 9.17) is 11.6 Å². The number of nitrogens with zero attached hydrogens (tertiary/aromatic N) is 2. The van der Waals surface area contributed by atoms with Crippen LogP contribution in [0, 0.1) is 5.82 Å². The van der Waals surface area contributed by atoms with Gasteiger partial charge in [-0.25, -0.2) is 9.37 Å². The Hall–Kier alpha value is -1.09. The zero-order valence-corrected chi connectivity index (χ0v) is 10.1. The molecule has 0 bridgehead atoms. The average Bonchev–Trinajstić information content (AvgIpc) is 2.55. The highest BCUT2D eigenvalue weighted by Crippen LogP contribution is 2.22. The highest BCUT2D eigenvalue weighted by molar-refractivity contribution is 6.17. The first-order valence-electron chi connectivity index (χ1n) is 5.36. The second-order valence-corrected chi connectivity index (χ2v) is 4.44. The molecule has 2 rings (SSSR count). The molecule has 86 valence electrons. The van der Waals surface area contributed by atoms with E-state index in [1.165, 1.54) is 12.1 Å². The molecule has 0 aliphatic rings. The Morgan fingerprint density at radius 3 is 2.81 bits per heavy atom. The number of rotatable bonds is 3. The second kappa shape index (κ2) is 4.42. The third-order valence-electron chi connectivity index (χ3n) is 2.56. The summed E-state index contributed by atoms with van der Waals surface area (Å²) in [5.74, 6) is 1.22. The number of alkyl halides is 1. The summed E-state index contributed by atoms with van der Waals surface area (Å²) >= 11 is 5.74. The minimum atomic E-state index is -0.230. The lowest BCUT2D eigenvalue weighted by atomic mass is 10.3. The maximum Gasteiger partial charge on any atom is 0.125 e. The molecule has 2 nitrogen and oxygen atoms in total. The van der Waals surface area contributed by atoms with Crippen molar-refractivity contribution in [3.63, 3.8) is 0 Å². The van der Waals surface area contributed by atoms with Crippen LogP contribution in [0.5, 0.6) is 0 Å². The lowest BCUT2D eigenvalue weighted by Crippen LogP contribution is -2.06. The first-order valence-corrected chi connectivity index (χ1v) is 5.89. The summed E-state index contributed by atoms with van der Waals surface area (Å²) in [7, 11) is 0. The number of benzene rings is 1. The van der Waals surface area contributed by atoms with Gasteiger partial charge in [-0.2, -0.15) is 0 Å². The summed E-state index contributed by atoms with van der Waals surface area (Å²) in [6.07, 6.45) is 0.704. The highest BCUT2D eigenvalue weighted by Gasteiger charge is 2.13. The van der Waals surface area contributed by atoms with Gasteiger partial charge < -0.3 is 4.57 Å². The molecule has 0 saturated heterocycles. The van der Waals surface area contributed by atoms with Crippen LogP contribution in [0.3, 0.4) is 0 Å². The van der Waals surface area contributed by atoms with E-state index >= 15 is 0 Å². The molecule has 0 N–H and O–H groups in total. The van der Waals surface area contributed by atoms with Gasteiger partial charge in [0.25, 0.3) is 0 Å². The van der Waals surface area contributed by atoms with Crippen LogP contribution in [-0.2, 0) is 6.42 Å². The van der Waals surface area contributed by atoms with Crippen molar-refractivity contribution in [2.24, 2.45) is 0 Å². The molecule has 2 aromatic rings. The van der Waals surface area contributed by atoms with Gasteiger partial charge in [0.1, 0.15) is 11.6 Å². The molecule has 0 amide bonds. The Morgan fingerprint density at radius 1 is 1.44 bits per heavy atom. The Bertz CT molecular complexity index is 505. The quantitative estimate of drug-likeness (QED) is 0.751. The lowest BCUT2D eigenvalue weighted by molar-refractivity contribution is 0.585. The van der Waals surface area contributed by atoms with E-state index in [1.54, 1.807) is 6.07 Å². The monoisotopic (exact) mass is 240 g/mol. The van der Waals surface area contributed by atoms with E-state index in [0.717, 1.165) is 16.9 Å². The van der Waals surface area contributed by atoms with E-state index in [1.807, 2.05) is 4.57 Å². The number of aryl methyl sites for hydroxylation is 1. The summed E-state index contributed by atoms with van der Waals surface area (Å²) in [6.45, 7) is 4.12. The lowest BCUT2D eigenvalue weighted by Gasteiger charge is -2.12. The molecular weight excluding hydrogens is 227 g/mol. The highest BCUT2D eigenvalue weighted by atomic mass is 35.5. The van der Waals surface area contributed by atoms with E-state index in [9.17, 15) is 4.39 Å². The molecule has 0 saturated carbocycles. The fourth-order valence-electron chi connectivity index (χ4n) is 1.95. The van der Waals surface area contributed by atoms with Gasteiger partial charge >= 0.3 is 0 Å². The largest absolute Gasteiger partial charge is 0.325 e. The fourth-order valence-corrected chi connectivity index (χ4v) is 2.12. The molecule has 0 radical (unpaired) electrons. The van der Waals surface area contributed by atoms with Gasteiger partial charge in [0.15, 0.2) is 0 Å². The van der Waals surface area contributed by atoms with Crippen LogP contribution >= 0.6 is 11.6 Å². The van der Waals surface area contributed by atoms with Crippen LogP contribution in [0.1, 0.15) is 25.7 Å². The third kappa shape index (κ3) is 1.92. The molecule has 0 aliphatic heterocycles. The predicted molar refractivity (Wildman–Crippen MR) is 64.5 cm³/mol. The molecule has 4 heteroatoms. The summed E-state index contributed by atoms with van der Waals surface area (Å²) in [5, 5.41) is 0. The van der Waals surface area contributed by atoms with Crippen LogP contribution in [0.25, 0.3) is 11.0 Å². The van der Waals surface area contributed by atoms with Gasteiger partial charge in [0, 0.05) is 18.3 Å². The number of hydrogen-bond acceptors (Lipinski definition) is 1. The number of fused-ring (bicyclic) bond motifs is 1. The Labute approximate surface area is 99.0 Å². The van der Waals surface area contributed by atoms with Gasteiger partial charge in [-0.1, -0.05) is 0 Å². The molecule has 1 aromatic heterocycles. The molecule has 16 heavy (non-hydrogen) atoms. The SMILES string of the molecule is CC(C)n1c(CCCl)nc2ccc(F)cc21. The Morgan fingerprint density at radius 2 is 2.19 bits per heavy atom. The van der Waals surface area contributed by atoms with E-state index < -0.39 is 0 Å². The fraction of sp³-hybridized carbons (Fsp3) is 0.417. The molecule has 0 atom stereocenters. The Balaban J connectivity index is 2.67. The summed E-state index contributed by atoms with van der Waals surface area (Å²) in [4.78, 5) is 4.48. The van der Waals surface area contributed by atoms with Crippen LogP contribution in [0.2, 0.25) is 0 Å². The minimum Gasteiger partial charge on any atom is -0.325 e. The van der Waals surface area contributed by atoms with Gasteiger partial charge in [0.05, 0.1) is 11.0 Å². The van der Waals surface area contributed by atoms with Crippen molar-refractivity contribution < 1.29 is 4.39 Å². The first-order chi connectivity index (χ1) is 7.63. The number of aromatic nitrogens is 2. The van der Waals surface area contributed by atoms with E-state index in [-0.39, 0.29) is 11.9 Å². The van der Waals surface area contributed by atoms with Crippen molar-refractivity contribution in [3.8, 4) is 0 Å². The Kier molecular flexibility index (Phi) is 3.15. The van der Waals surface area contributed by atoms with Gasteiger partial charge in [-0.15, -0.1) is 11.6 Å². The van der Waals surface area contributed by atoms with Crippen molar-refractivity contribution in [1.29, 1.82) is 0 Å². The summed E-state index contributed by atoms with van der Waals surface area (Å²) in [5.41, 5.74) is 1.67. The van der Waals surface area contributed by atoms with Crippen LogP contribution < -0.4 is 0 Å². The van der Waals surface area contributed by atoms with Crippen LogP contribution in [-0.4, -0.2) is 15.4 Å². The normalized spacial score (nSPS) is 11.6. The first kappa shape index (κ1) is 11.4. The maximum absolute atomic E-state index is 13.2. The molecular formula is C12H14ClFN2. The van der Waals surface area contributed by atoms with Crippen molar-refractivity contribution in [2.45, 2.75) is 26.3 Å². The van der Waals surface area contributed by atoms with E-state index in [2.05, 4.69) is 18.8 Å². The molecule has 0 aliphatic carbocycles. The van der Waals surface area contributed by atoms with Gasteiger partial charge in [-0.3, -0.25) is 0 Å². The van der Waals surface area contributed by atoms with Crippen molar-refractivity contribution in [2.75, 3.05) is 5.88 Å². The second-order valence-electron chi connectivity index (χ2n) is 4.06. The van der Waals surface area contributed by atoms with Crippen LogP contribution in [0.15, 0.2) is 18.2 Å². The van der Waals surface area contributed by atoms with Gasteiger partial charge in [0.2, 0.25) is 0 Å². The maximum atomic E-state index is 13.2. The topological polar surface area (TPSA) is 17.8 Å². The molecule has 0 spiro atoms. The van der Waals surface area contributed by atoms with E-state index in [0.29, 0.717) is 12.3 Å². The summed E-state index contributed by atoms with van der Waals surface area (Å²) < 4.78 is 15.3. The smallest absolute Gasteiger partial charge is 0.125 e. The van der Waals surface area contributed by atoms with Crippen molar-refractivity contribution >= 4 is 22.6 Å². The van der Waals surface area contributed by atoms with Crippen molar-refractivity contribution in [1.82, 2.24) is 9.55 Å². The molecule has 0 unspecified atom stereocenters. The number of imidazole rings is 1. The molecule has 1 aromatic carbocycles. The molecule has 0 fully saturated rings.